The molecule has 0 radical (unpaired) electrons. The number of H-pyrrole nitrogens is 1. The number of nitrogens with zero attached hydrogens (tertiary/aromatic N) is 1. The number of hydrogen-bond acceptors (Lipinski definition) is 3. The number of nitrogens with one attached hydrogen (secondary N) is 2. The van der Waals surface area contributed by atoms with Crippen LogP contribution in [0.4, 0.5) is 0 Å². The first kappa shape index (κ1) is 14.5. The summed E-state index contributed by atoms with van der Waals surface area (Å²) in [5.41, 5.74) is -0.734. The fourth-order valence-corrected chi connectivity index (χ4v) is 3.00. The molecule has 1 aromatic heterocycles. The van der Waals surface area contributed by atoms with Crippen LogP contribution in [0.1, 0.15) is 32.6 Å². The largest absolute Gasteiger partial charge is 0.328 e. The van der Waals surface area contributed by atoms with Crippen molar-refractivity contribution in [3.63, 3.8) is 0 Å². The van der Waals surface area contributed by atoms with Crippen molar-refractivity contribution in [2.75, 3.05) is 6.54 Å². The Morgan fingerprint density at radius 3 is 3.00 bits per heavy atom. The van der Waals surface area contributed by atoms with Crippen LogP contribution < -0.4 is 16.6 Å². The number of rotatable bonds is 4. The maximum absolute atomic E-state index is 11.6. The van der Waals surface area contributed by atoms with Crippen LogP contribution in [0.25, 0.3) is 0 Å². The van der Waals surface area contributed by atoms with Crippen molar-refractivity contribution in [3.8, 4) is 0 Å². The second-order valence-corrected chi connectivity index (χ2v) is 6.21. The van der Waals surface area contributed by atoms with Crippen molar-refractivity contribution in [2.45, 2.75) is 45.2 Å². The Labute approximate surface area is 120 Å². The molecule has 19 heavy (non-hydrogen) atoms. The molecule has 1 aromatic rings. The summed E-state index contributed by atoms with van der Waals surface area (Å²) in [6, 6.07) is 0.561. The molecule has 0 aliphatic heterocycles. The molecule has 1 saturated carbocycles. The summed E-state index contributed by atoms with van der Waals surface area (Å²) in [7, 11) is 0. The van der Waals surface area contributed by atoms with Crippen LogP contribution in [-0.4, -0.2) is 22.1 Å². The first-order valence-electron chi connectivity index (χ1n) is 6.79. The lowest BCUT2D eigenvalue weighted by molar-refractivity contribution is 0.299. The third-order valence-electron chi connectivity index (χ3n) is 3.69. The SMILES string of the molecule is CC1CCCC(NCCn2cc(Br)c(=O)[nH]c2=O)C1. The van der Waals surface area contributed by atoms with E-state index >= 15 is 0 Å². The Hall–Kier alpha value is -0.880. The van der Waals surface area contributed by atoms with Gasteiger partial charge in [0.25, 0.3) is 5.56 Å². The van der Waals surface area contributed by atoms with Crippen molar-refractivity contribution in [2.24, 2.45) is 5.92 Å². The van der Waals surface area contributed by atoms with Gasteiger partial charge in [-0.2, -0.15) is 0 Å². The highest BCUT2D eigenvalue weighted by atomic mass is 79.9. The van der Waals surface area contributed by atoms with Crippen LogP contribution in [0.3, 0.4) is 0 Å². The predicted octanol–water partition coefficient (Wildman–Crippen LogP) is 1.47. The molecular formula is C13H20BrN3O2. The Balaban J connectivity index is 1.87. The van der Waals surface area contributed by atoms with Crippen LogP contribution in [0, 0.1) is 5.92 Å². The summed E-state index contributed by atoms with van der Waals surface area (Å²) in [4.78, 5) is 25.1. The molecule has 0 spiro atoms. The highest BCUT2D eigenvalue weighted by Crippen LogP contribution is 2.23. The average Bonchev–Trinajstić information content (AvgIpc) is 2.35. The quantitative estimate of drug-likeness (QED) is 0.879. The number of halogens is 1. The standard InChI is InChI=1S/C13H20BrN3O2/c1-9-3-2-4-10(7-9)15-5-6-17-8-11(14)12(18)16-13(17)19/h8-10,15H,2-7H2,1H3,(H,16,18,19). The van der Waals surface area contributed by atoms with Crippen molar-refractivity contribution in [3.05, 3.63) is 31.5 Å². The molecule has 2 atom stereocenters. The van der Waals surface area contributed by atoms with Gasteiger partial charge in [-0.3, -0.25) is 14.3 Å². The Morgan fingerprint density at radius 1 is 1.47 bits per heavy atom. The number of hydrogen-bond donors (Lipinski definition) is 2. The van der Waals surface area contributed by atoms with Crippen LogP contribution in [-0.2, 0) is 6.54 Å². The molecule has 1 fully saturated rings. The van der Waals surface area contributed by atoms with E-state index in [1.807, 2.05) is 0 Å². The van der Waals surface area contributed by atoms with Crippen molar-refractivity contribution >= 4 is 15.9 Å². The van der Waals surface area contributed by atoms with Crippen LogP contribution in [0.2, 0.25) is 0 Å². The molecule has 0 aromatic carbocycles. The summed E-state index contributed by atoms with van der Waals surface area (Å²) < 4.78 is 1.91. The normalized spacial score (nSPS) is 23.5. The summed E-state index contributed by atoms with van der Waals surface area (Å²) >= 11 is 3.13. The van der Waals surface area contributed by atoms with Gasteiger partial charge >= 0.3 is 5.69 Å². The van der Waals surface area contributed by atoms with E-state index in [0.29, 0.717) is 17.1 Å². The van der Waals surface area contributed by atoms with Gasteiger partial charge in [-0.1, -0.05) is 19.8 Å². The van der Waals surface area contributed by atoms with Gasteiger partial charge in [-0.05, 0) is 34.7 Å². The molecule has 2 N–H and O–H groups in total. The zero-order valence-electron chi connectivity index (χ0n) is 11.1. The van der Waals surface area contributed by atoms with E-state index in [4.69, 9.17) is 0 Å². The number of aromatic nitrogens is 2. The summed E-state index contributed by atoms with van der Waals surface area (Å²) in [5, 5.41) is 3.49. The minimum Gasteiger partial charge on any atom is -0.312 e. The maximum Gasteiger partial charge on any atom is 0.328 e. The molecule has 2 rings (SSSR count). The van der Waals surface area contributed by atoms with Crippen molar-refractivity contribution in [1.82, 2.24) is 14.9 Å². The van der Waals surface area contributed by atoms with E-state index < -0.39 is 0 Å². The summed E-state index contributed by atoms with van der Waals surface area (Å²) in [5.74, 6) is 0.788. The Kier molecular flexibility index (Phi) is 4.99. The lowest BCUT2D eigenvalue weighted by Crippen LogP contribution is -2.38. The van der Waals surface area contributed by atoms with Crippen LogP contribution in [0.15, 0.2) is 20.3 Å². The molecule has 1 aliphatic rings. The van der Waals surface area contributed by atoms with E-state index in [-0.39, 0.29) is 11.2 Å². The molecule has 5 nitrogen and oxygen atoms in total. The van der Waals surface area contributed by atoms with Gasteiger partial charge in [-0.25, -0.2) is 4.79 Å². The Bertz CT molecular complexity index is 537. The first-order chi connectivity index (χ1) is 9.06. The highest BCUT2D eigenvalue weighted by Gasteiger charge is 2.17. The van der Waals surface area contributed by atoms with E-state index in [1.165, 1.54) is 30.3 Å². The Morgan fingerprint density at radius 2 is 2.26 bits per heavy atom. The van der Waals surface area contributed by atoms with E-state index in [1.54, 1.807) is 6.20 Å². The smallest absolute Gasteiger partial charge is 0.312 e. The summed E-state index contributed by atoms with van der Waals surface area (Å²) in [6.45, 7) is 3.60. The van der Waals surface area contributed by atoms with Gasteiger partial charge in [0.2, 0.25) is 0 Å². The monoisotopic (exact) mass is 329 g/mol. The molecule has 106 valence electrons. The molecule has 6 heteroatoms. The van der Waals surface area contributed by atoms with E-state index in [2.05, 4.69) is 33.2 Å². The molecule has 1 heterocycles. The summed E-state index contributed by atoms with van der Waals surface area (Å²) in [6.07, 6.45) is 6.58. The van der Waals surface area contributed by atoms with Gasteiger partial charge in [0, 0.05) is 25.3 Å². The third-order valence-corrected chi connectivity index (χ3v) is 4.25. The average molecular weight is 330 g/mol. The van der Waals surface area contributed by atoms with Crippen LogP contribution in [0.5, 0.6) is 0 Å². The lowest BCUT2D eigenvalue weighted by Gasteiger charge is -2.27. The van der Waals surface area contributed by atoms with Crippen molar-refractivity contribution < 1.29 is 0 Å². The van der Waals surface area contributed by atoms with Gasteiger partial charge in [-0.15, -0.1) is 0 Å². The van der Waals surface area contributed by atoms with E-state index in [9.17, 15) is 9.59 Å². The van der Waals surface area contributed by atoms with Gasteiger partial charge < -0.3 is 5.32 Å². The first-order valence-corrected chi connectivity index (χ1v) is 7.58. The predicted molar refractivity (Wildman–Crippen MR) is 78.4 cm³/mol. The second kappa shape index (κ2) is 6.52. The molecule has 0 saturated heterocycles. The zero-order valence-corrected chi connectivity index (χ0v) is 12.7. The van der Waals surface area contributed by atoms with Gasteiger partial charge in [0.15, 0.2) is 0 Å². The maximum atomic E-state index is 11.6. The van der Waals surface area contributed by atoms with Crippen LogP contribution >= 0.6 is 15.9 Å². The van der Waals surface area contributed by atoms with Gasteiger partial charge in [0.1, 0.15) is 0 Å². The molecule has 1 aliphatic carbocycles. The fourth-order valence-electron chi connectivity index (χ4n) is 2.66. The third kappa shape index (κ3) is 4.04. The minimum absolute atomic E-state index is 0.355. The van der Waals surface area contributed by atoms with Gasteiger partial charge in [0.05, 0.1) is 4.47 Å². The topological polar surface area (TPSA) is 66.9 Å². The van der Waals surface area contributed by atoms with Crippen molar-refractivity contribution in [1.29, 1.82) is 0 Å². The highest BCUT2D eigenvalue weighted by molar-refractivity contribution is 9.10. The lowest BCUT2D eigenvalue weighted by atomic mass is 9.87. The minimum atomic E-state index is -0.379. The second-order valence-electron chi connectivity index (χ2n) is 5.35. The fraction of sp³-hybridized carbons (Fsp3) is 0.692. The molecule has 2 unspecified atom stereocenters. The zero-order chi connectivity index (χ0) is 13.8. The van der Waals surface area contributed by atoms with E-state index in [0.717, 1.165) is 12.5 Å². The number of aromatic amines is 1. The molecular weight excluding hydrogens is 310 g/mol. The molecule has 0 bridgehead atoms. The molecule has 0 amide bonds.